The molecular formula is C17H22N8O. The molecule has 3 heterocycles. The van der Waals surface area contributed by atoms with Gasteiger partial charge in [-0.3, -0.25) is 4.79 Å². The van der Waals surface area contributed by atoms with E-state index in [0.29, 0.717) is 17.3 Å². The van der Waals surface area contributed by atoms with E-state index >= 15 is 0 Å². The summed E-state index contributed by atoms with van der Waals surface area (Å²) in [6.07, 6.45) is 4.93. The smallest absolute Gasteiger partial charge is 0.271 e. The van der Waals surface area contributed by atoms with Gasteiger partial charge in [0.2, 0.25) is 0 Å². The highest BCUT2D eigenvalue weighted by Gasteiger charge is 2.35. The second-order valence-electron chi connectivity index (χ2n) is 7.05. The van der Waals surface area contributed by atoms with Crippen molar-refractivity contribution in [3.63, 3.8) is 0 Å². The van der Waals surface area contributed by atoms with Gasteiger partial charge in [-0.25, -0.2) is 9.50 Å². The lowest BCUT2D eigenvalue weighted by Crippen LogP contribution is -2.44. The van der Waals surface area contributed by atoms with Gasteiger partial charge in [0.05, 0.1) is 12.7 Å². The molecule has 1 amide bonds. The summed E-state index contributed by atoms with van der Waals surface area (Å²) in [5, 5.41) is 15.9. The van der Waals surface area contributed by atoms with Gasteiger partial charge in [-0.15, -0.1) is 10.2 Å². The fourth-order valence-electron chi connectivity index (χ4n) is 3.34. The largest absolute Gasteiger partial charge is 0.348 e. The summed E-state index contributed by atoms with van der Waals surface area (Å²) in [5.41, 5.74) is 1.12. The second-order valence-corrected chi connectivity index (χ2v) is 7.05. The number of hydrogen-bond acceptors (Lipinski definition) is 6. The first-order chi connectivity index (χ1) is 12.5. The number of nitrogens with one attached hydrogen (secondary N) is 1. The normalized spacial score (nSPS) is 19.7. The Kier molecular flexibility index (Phi) is 4.15. The van der Waals surface area contributed by atoms with Gasteiger partial charge >= 0.3 is 0 Å². The average Bonchev–Trinajstić information content (AvgIpc) is 3.15. The lowest BCUT2D eigenvalue weighted by molar-refractivity contribution is 0.0899. The topological polar surface area (TPSA) is 93.2 Å². The van der Waals surface area contributed by atoms with E-state index in [4.69, 9.17) is 0 Å². The molecule has 0 bridgehead atoms. The van der Waals surface area contributed by atoms with Crippen LogP contribution in [0.15, 0.2) is 24.5 Å². The van der Waals surface area contributed by atoms with E-state index in [9.17, 15) is 4.79 Å². The second kappa shape index (κ2) is 6.49. The van der Waals surface area contributed by atoms with Crippen molar-refractivity contribution < 1.29 is 4.79 Å². The molecule has 0 saturated heterocycles. The highest BCUT2D eigenvalue weighted by Crippen LogP contribution is 2.36. The van der Waals surface area contributed by atoms with Crippen molar-refractivity contribution in [1.29, 1.82) is 0 Å². The average molecular weight is 354 g/mol. The molecule has 26 heavy (non-hydrogen) atoms. The van der Waals surface area contributed by atoms with Crippen molar-refractivity contribution in [3.8, 4) is 0 Å². The minimum Gasteiger partial charge on any atom is -0.348 e. The minimum atomic E-state index is -0.147. The Hall–Kier alpha value is -2.81. The Labute approximate surface area is 151 Å². The Morgan fingerprint density at radius 3 is 2.92 bits per heavy atom. The first kappa shape index (κ1) is 16.6. The Bertz CT molecular complexity index is 937. The van der Waals surface area contributed by atoms with Gasteiger partial charge in [0.25, 0.3) is 5.91 Å². The van der Waals surface area contributed by atoms with Crippen molar-refractivity contribution >= 4 is 11.6 Å². The number of imidazole rings is 1. The number of fused-ring (bicyclic) bond motifs is 1. The van der Waals surface area contributed by atoms with Crippen LogP contribution < -0.4 is 5.32 Å². The van der Waals surface area contributed by atoms with E-state index in [0.717, 1.165) is 31.0 Å². The van der Waals surface area contributed by atoms with Crippen LogP contribution in [0.5, 0.6) is 0 Å². The van der Waals surface area contributed by atoms with Crippen molar-refractivity contribution in [2.45, 2.75) is 31.3 Å². The van der Waals surface area contributed by atoms with Crippen LogP contribution in [0.3, 0.4) is 0 Å². The summed E-state index contributed by atoms with van der Waals surface area (Å²) in [6.45, 7) is 0.762. The molecule has 0 aromatic carbocycles. The van der Waals surface area contributed by atoms with Crippen molar-refractivity contribution in [2.75, 3.05) is 14.1 Å². The molecule has 1 N–H and O–H groups in total. The van der Waals surface area contributed by atoms with Gasteiger partial charge in [-0.2, -0.15) is 5.10 Å². The maximum absolute atomic E-state index is 12.5. The molecule has 0 radical (unpaired) electrons. The summed E-state index contributed by atoms with van der Waals surface area (Å²) >= 11 is 0. The zero-order valence-electron chi connectivity index (χ0n) is 15.1. The Morgan fingerprint density at radius 2 is 2.15 bits per heavy atom. The summed E-state index contributed by atoms with van der Waals surface area (Å²) in [7, 11) is 6.03. The zero-order chi connectivity index (χ0) is 18.3. The number of aromatic nitrogens is 6. The maximum Gasteiger partial charge on any atom is 0.271 e. The standard InChI is InChI=1S/C17H22N8O/c1-23(2)10-15-21-22-16(24(15)3)11-7-12(8-11)20-17(26)13-9-18-14-5-4-6-19-25(13)14/h4-6,9,11-12H,7-8,10H2,1-3H3,(H,20,26). The van der Waals surface area contributed by atoms with E-state index in [1.54, 1.807) is 23.0 Å². The Morgan fingerprint density at radius 1 is 1.35 bits per heavy atom. The van der Waals surface area contributed by atoms with E-state index in [-0.39, 0.29) is 11.9 Å². The van der Waals surface area contributed by atoms with E-state index in [1.807, 2.05) is 27.2 Å². The van der Waals surface area contributed by atoms with Crippen molar-refractivity contribution in [3.05, 3.63) is 41.9 Å². The summed E-state index contributed by atoms with van der Waals surface area (Å²) in [6, 6.07) is 3.75. The first-order valence-corrected chi connectivity index (χ1v) is 8.65. The van der Waals surface area contributed by atoms with Gasteiger partial charge in [0, 0.05) is 25.2 Å². The van der Waals surface area contributed by atoms with Crippen LogP contribution in [-0.4, -0.2) is 60.3 Å². The molecule has 3 aromatic rings. The van der Waals surface area contributed by atoms with Crippen LogP contribution >= 0.6 is 0 Å². The van der Waals surface area contributed by atoms with Crippen LogP contribution in [-0.2, 0) is 13.6 Å². The fourth-order valence-corrected chi connectivity index (χ4v) is 3.34. The quantitative estimate of drug-likeness (QED) is 0.721. The first-order valence-electron chi connectivity index (χ1n) is 8.65. The van der Waals surface area contributed by atoms with Gasteiger partial charge < -0.3 is 14.8 Å². The molecule has 1 aliphatic carbocycles. The van der Waals surface area contributed by atoms with Crippen molar-refractivity contribution in [2.24, 2.45) is 7.05 Å². The van der Waals surface area contributed by atoms with Gasteiger partial charge in [-0.05, 0) is 39.1 Å². The lowest BCUT2D eigenvalue weighted by atomic mass is 9.79. The predicted molar refractivity (Wildman–Crippen MR) is 94.6 cm³/mol. The molecule has 3 aromatic heterocycles. The number of hydrogen-bond donors (Lipinski definition) is 1. The van der Waals surface area contributed by atoms with Gasteiger partial charge in [-0.1, -0.05) is 0 Å². The van der Waals surface area contributed by atoms with E-state index in [2.05, 4.69) is 35.1 Å². The number of nitrogens with zero attached hydrogens (tertiary/aromatic N) is 7. The van der Waals surface area contributed by atoms with Crippen LogP contribution in [0.2, 0.25) is 0 Å². The third-order valence-electron chi connectivity index (χ3n) is 4.81. The fraction of sp³-hybridized carbons (Fsp3) is 0.471. The molecule has 9 heteroatoms. The summed E-state index contributed by atoms with van der Waals surface area (Å²) in [5.74, 6) is 2.12. The van der Waals surface area contributed by atoms with Crippen molar-refractivity contribution in [1.82, 2.24) is 39.6 Å². The molecular weight excluding hydrogens is 332 g/mol. The molecule has 1 saturated carbocycles. The minimum absolute atomic E-state index is 0.135. The molecule has 1 aliphatic rings. The van der Waals surface area contributed by atoms with Crippen LogP contribution in [0.25, 0.3) is 5.65 Å². The molecule has 4 rings (SSSR count). The monoisotopic (exact) mass is 354 g/mol. The number of carbonyl (C=O) groups excluding carboxylic acids is 1. The van der Waals surface area contributed by atoms with Gasteiger partial charge in [0.15, 0.2) is 5.65 Å². The molecule has 1 fully saturated rings. The van der Waals surface area contributed by atoms with Gasteiger partial charge in [0.1, 0.15) is 17.3 Å². The number of carbonyl (C=O) groups is 1. The molecule has 0 unspecified atom stereocenters. The van der Waals surface area contributed by atoms with Crippen LogP contribution in [0.1, 0.15) is 40.9 Å². The number of amides is 1. The van der Waals surface area contributed by atoms with Crippen LogP contribution in [0, 0.1) is 0 Å². The number of rotatable bonds is 5. The van der Waals surface area contributed by atoms with Crippen LogP contribution in [0.4, 0.5) is 0 Å². The predicted octanol–water partition coefficient (Wildman–Crippen LogP) is 0.595. The summed E-state index contributed by atoms with van der Waals surface area (Å²) < 4.78 is 3.62. The maximum atomic E-state index is 12.5. The third kappa shape index (κ3) is 2.94. The molecule has 0 aliphatic heterocycles. The highest BCUT2D eigenvalue weighted by atomic mass is 16.2. The highest BCUT2D eigenvalue weighted by molar-refractivity contribution is 5.93. The SMILES string of the molecule is CN(C)Cc1nnc(C2CC(NC(=O)c3cnc4cccnn34)C2)n1C. The van der Waals surface area contributed by atoms with E-state index < -0.39 is 0 Å². The third-order valence-corrected chi connectivity index (χ3v) is 4.81. The Balaban J connectivity index is 1.38. The molecule has 0 spiro atoms. The van der Waals surface area contributed by atoms with E-state index in [1.165, 1.54) is 0 Å². The lowest BCUT2D eigenvalue weighted by Gasteiger charge is -2.34. The molecule has 0 atom stereocenters. The summed E-state index contributed by atoms with van der Waals surface area (Å²) in [4.78, 5) is 18.8. The molecule has 136 valence electrons. The zero-order valence-corrected chi connectivity index (χ0v) is 15.1. The molecule has 9 nitrogen and oxygen atoms in total.